The van der Waals surface area contributed by atoms with Crippen LogP contribution in [0.4, 0.5) is 10.5 Å². The van der Waals surface area contributed by atoms with E-state index >= 15 is 0 Å². The summed E-state index contributed by atoms with van der Waals surface area (Å²) in [4.78, 5) is 27.3. The Morgan fingerprint density at radius 3 is 2.19 bits per heavy atom. The van der Waals surface area contributed by atoms with E-state index in [0.717, 1.165) is 11.3 Å². The maximum absolute atomic E-state index is 12.9. The van der Waals surface area contributed by atoms with E-state index in [1.54, 1.807) is 28.4 Å². The van der Waals surface area contributed by atoms with Crippen molar-refractivity contribution in [1.29, 1.82) is 0 Å². The number of hydrogen-bond donors (Lipinski definition) is 1. The monoisotopic (exact) mass is 364 g/mol. The zero-order valence-electron chi connectivity index (χ0n) is 16.0. The molecular weight excluding hydrogens is 340 g/mol. The standard InChI is InChI=1S/C21H24N4O2/c1-15(17-11-7-5-8-12-17)23(3)21(27)22-19-16(2)24(4)25(20(19)26)18-13-9-6-10-14-18/h5-15H,1-4H3,(H,22,27)/t15-/m1/s1. The Morgan fingerprint density at radius 1 is 1.04 bits per heavy atom. The first-order chi connectivity index (χ1) is 12.9. The number of para-hydroxylation sites is 1. The van der Waals surface area contributed by atoms with Crippen LogP contribution in [0, 0.1) is 6.92 Å². The number of nitrogens with one attached hydrogen (secondary N) is 1. The maximum Gasteiger partial charge on any atom is 0.322 e. The Hall–Kier alpha value is -3.28. The van der Waals surface area contributed by atoms with Gasteiger partial charge >= 0.3 is 6.03 Å². The van der Waals surface area contributed by atoms with Gasteiger partial charge in [0.05, 0.1) is 17.4 Å². The second-order valence-corrected chi connectivity index (χ2v) is 6.56. The number of carbonyl (C=O) groups excluding carboxylic acids is 1. The molecule has 3 aromatic rings. The first-order valence-electron chi connectivity index (χ1n) is 8.84. The number of rotatable bonds is 4. The third-order valence-corrected chi connectivity index (χ3v) is 4.97. The zero-order chi connectivity index (χ0) is 19.6. The summed E-state index contributed by atoms with van der Waals surface area (Å²) in [7, 11) is 3.52. The smallest absolute Gasteiger partial charge is 0.321 e. The molecule has 1 heterocycles. The molecule has 0 saturated carbocycles. The molecule has 1 atom stereocenters. The molecule has 2 aromatic carbocycles. The van der Waals surface area contributed by atoms with Crippen LogP contribution >= 0.6 is 0 Å². The molecule has 140 valence electrons. The summed E-state index contributed by atoms with van der Waals surface area (Å²) in [6, 6.07) is 18.7. The van der Waals surface area contributed by atoms with Gasteiger partial charge in [-0.05, 0) is 31.5 Å². The van der Waals surface area contributed by atoms with Crippen LogP contribution in [0.1, 0.15) is 24.2 Å². The Labute approximate surface area is 158 Å². The highest BCUT2D eigenvalue weighted by atomic mass is 16.2. The van der Waals surface area contributed by atoms with E-state index in [4.69, 9.17) is 0 Å². The number of carbonyl (C=O) groups is 1. The third kappa shape index (κ3) is 3.51. The second-order valence-electron chi connectivity index (χ2n) is 6.56. The van der Waals surface area contributed by atoms with Gasteiger partial charge in [-0.25, -0.2) is 9.48 Å². The van der Waals surface area contributed by atoms with Crippen molar-refractivity contribution >= 4 is 11.7 Å². The molecule has 0 aliphatic rings. The molecule has 0 fully saturated rings. The molecular formula is C21H24N4O2. The molecule has 1 aromatic heterocycles. The summed E-state index contributed by atoms with van der Waals surface area (Å²) in [5.41, 5.74) is 2.51. The van der Waals surface area contributed by atoms with Crippen LogP contribution in [0.2, 0.25) is 0 Å². The number of anilines is 1. The molecule has 6 nitrogen and oxygen atoms in total. The fourth-order valence-corrected chi connectivity index (χ4v) is 3.04. The van der Waals surface area contributed by atoms with Crippen molar-refractivity contribution in [3.05, 3.63) is 82.3 Å². The average molecular weight is 364 g/mol. The molecule has 0 aliphatic carbocycles. The minimum Gasteiger partial charge on any atom is -0.321 e. The third-order valence-electron chi connectivity index (χ3n) is 4.97. The molecule has 2 amide bonds. The second kappa shape index (κ2) is 7.53. The molecule has 0 unspecified atom stereocenters. The van der Waals surface area contributed by atoms with E-state index in [-0.39, 0.29) is 17.6 Å². The number of nitrogens with zero attached hydrogens (tertiary/aromatic N) is 3. The Balaban J connectivity index is 1.88. The van der Waals surface area contributed by atoms with Gasteiger partial charge in [-0.15, -0.1) is 0 Å². The van der Waals surface area contributed by atoms with Gasteiger partial charge in [0.15, 0.2) is 0 Å². The van der Waals surface area contributed by atoms with E-state index < -0.39 is 0 Å². The first kappa shape index (κ1) is 18.5. The molecule has 0 bridgehead atoms. The molecule has 0 spiro atoms. The summed E-state index contributed by atoms with van der Waals surface area (Å²) >= 11 is 0. The highest BCUT2D eigenvalue weighted by molar-refractivity contribution is 5.90. The number of aromatic nitrogens is 2. The van der Waals surface area contributed by atoms with E-state index in [0.29, 0.717) is 11.4 Å². The highest BCUT2D eigenvalue weighted by Gasteiger charge is 2.22. The summed E-state index contributed by atoms with van der Waals surface area (Å²) in [6.45, 7) is 3.77. The van der Waals surface area contributed by atoms with Gasteiger partial charge in [-0.3, -0.25) is 9.48 Å². The van der Waals surface area contributed by atoms with E-state index in [2.05, 4.69) is 5.32 Å². The van der Waals surface area contributed by atoms with E-state index in [9.17, 15) is 9.59 Å². The number of urea groups is 1. The molecule has 3 rings (SSSR count). The lowest BCUT2D eigenvalue weighted by Crippen LogP contribution is -2.35. The van der Waals surface area contributed by atoms with Crippen LogP contribution in [0.25, 0.3) is 5.69 Å². The van der Waals surface area contributed by atoms with Crippen LogP contribution in [0.15, 0.2) is 65.5 Å². The highest BCUT2D eigenvalue weighted by Crippen LogP contribution is 2.20. The Kier molecular flexibility index (Phi) is 5.16. The minimum absolute atomic E-state index is 0.119. The summed E-state index contributed by atoms with van der Waals surface area (Å²) in [5.74, 6) is 0. The van der Waals surface area contributed by atoms with Gasteiger partial charge in [0.2, 0.25) is 0 Å². The van der Waals surface area contributed by atoms with Crippen molar-refractivity contribution in [2.24, 2.45) is 7.05 Å². The molecule has 0 aliphatic heterocycles. The lowest BCUT2D eigenvalue weighted by molar-refractivity contribution is 0.208. The van der Waals surface area contributed by atoms with Crippen LogP contribution in [-0.2, 0) is 7.05 Å². The lowest BCUT2D eigenvalue weighted by atomic mass is 10.1. The van der Waals surface area contributed by atoms with Gasteiger partial charge < -0.3 is 10.2 Å². The number of benzene rings is 2. The van der Waals surface area contributed by atoms with E-state index in [1.165, 1.54) is 0 Å². The normalized spacial score (nSPS) is 11.9. The van der Waals surface area contributed by atoms with Crippen molar-refractivity contribution in [3.63, 3.8) is 0 Å². The average Bonchev–Trinajstić information content (AvgIpc) is 2.91. The fraction of sp³-hybridized carbons (Fsp3) is 0.238. The number of hydrogen-bond acceptors (Lipinski definition) is 2. The SMILES string of the molecule is Cc1c(NC(=O)N(C)[C@H](C)c2ccccc2)c(=O)n(-c2ccccc2)n1C. The zero-order valence-corrected chi connectivity index (χ0v) is 16.0. The van der Waals surface area contributed by atoms with Crippen molar-refractivity contribution in [3.8, 4) is 5.69 Å². The van der Waals surface area contributed by atoms with Gasteiger partial charge in [0, 0.05) is 14.1 Å². The van der Waals surface area contributed by atoms with Crippen molar-refractivity contribution in [2.75, 3.05) is 12.4 Å². The number of amides is 2. The van der Waals surface area contributed by atoms with Crippen molar-refractivity contribution in [2.45, 2.75) is 19.9 Å². The Morgan fingerprint density at radius 2 is 1.59 bits per heavy atom. The topological polar surface area (TPSA) is 59.3 Å². The summed E-state index contributed by atoms with van der Waals surface area (Å²) in [5, 5.41) is 2.79. The fourth-order valence-electron chi connectivity index (χ4n) is 3.04. The molecule has 0 radical (unpaired) electrons. The molecule has 0 saturated heterocycles. The largest absolute Gasteiger partial charge is 0.322 e. The summed E-state index contributed by atoms with van der Waals surface area (Å²) in [6.07, 6.45) is 0. The maximum atomic E-state index is 12.9. The van der Waals surface area contributed by atoms with Crippen LogP contribution in [-0.4, -0.2) is 27.3 Å². The van der Waals surface area contributed by atoms with Crippen molar-refractivity contribution in [1.82, 2.24) is 14.3 Å². The Bertz CT molecular complexity index is 990. The summed E-state index contributed by atoms with van der Waals surface area (Å²) < 4.78 is 3.29. The molecule has 6 heteroatoms. The van der Waals surface area contributed by atoms with Gasteiger partial charge in [-0.2, -0.15) is 0 Å². The predicted molar refractivity (Wildman–Crippen MR) is 107 cm³/mol. The van der Waals surface area contributed by atoms with Gasteiger partial charge in [0.1, 0.15) is 5.69 Å². The molecule has 1 N–H and O–H groups in total. The van der Waals surface area contributed by atoms with Crippen LogP contribution < -0.4 is 10.9 Å². The van der Waals surface area contributed by atoms with Crippen LogP contribution in [0.3, 0.4) is 0 Å². The quantitative estimate of drug-likeness (QED) is 0.767. The van der Waals surface area contributed by atoms with Gasteiger partial charge in [0.25, 0.3) is 5.56 Å². The van der Waals surface area contributed by atoms with Crippen LogP contribution in [0.5, 0.6) is 0 Å². The van der Waals surface area contributed by atoms with Crippen molar-refractivity contribution < 1.29 is 4.79 Å². The molecule has 27 heavy (non-hydrogen) atoms. The van der Waals surface area contributed by atoms with Gasteiger partial charge in [-0.1, -0.05) is 48.5 Å². The lowest BCUT2D eigenvalue weighted by Gasteiger charge is -2.25. The minimum atomic E-state index is -0.322. The predicted octanol–water partition coefficient (Wildman–Crippen LogP) is 3.71. The van der Waals surface area contributed by atoms with E-state index in [1.807, 2.05) is 74.5 Å². The first-order valence-corrected chi connectivity index (χ1v) is 8.84.